The predicted octanol–water partition coefficient (Wildman–Crippen LogP) is 5.41. The van der Waals surface area contributed by atoms with Gasteiger partial charge in [0.25, 0.3) is 0 Å². The lowest BCUT2D eigenvalue weighted by atomic mass is 9.46. The second kappa shape index (κ2) is 8.02. The highest BCUT2D eigenvalue weighted by molar-refractivity contribution is 6.01. The normalized spacial score (nSPS) is 47.1. The van der Waals surface area contributed by atoms with Crippen molar-refractivity contribution in [1.82, 2.24) is 0 Å². The van der Waals surface area contributed by atoms with Gasteiger partial charge in [0.1, 0.15) is 6.10 Å². The number of aliphatic hydroxyl groups excluding tert-OH is 1. The van der Waals surface area contributed by atoms with Crippen molar-refractivity contribution in [2.75, 3.05) is 0 Å². The number of epoxide rings is 1. The molecule has 1 aliphatic heterocycles. The maximum Gasteiger partial charge on any atom is 0.302 e. The number of ketones is 1. The molecule has 10 unspecified atom stereocenters. The van der Waals surface area contributed by atoms with E-state index in [1.807, 2.05) is 0 Å². The lowest BCUT2D eigenvalue weighted by Gasteiger charge is -2.59. The summed E-state index contributed by atoms with van der Waals surface area (Å²) in [6, 6.07) is 0. The summed E-state index contributed by atoms with van der Waals surface area (Å²) in [5.41, 5.74) is 0.631. The molecule has 0 bridgehead atoms. The third-order valence-corrected chi connectivity index (χ3v) is 11.5. The van der Waals surface area contributed by atoms with Gasteiger partial charge in [-0.15, -0.1) is 0 Å². The number of hydrogen-bond donors (Lipinski definition) is 1. The topological polar surface area (TPSA) is 76.1 Å². The zero-order valence-corrected chi connectivity index (χ0v) is 22.6. The van der Waals surface area contributed by atoms with Crippen molar-refractivity contribution >= 4 is 11.8 Å². The van der Waals surface area contributed by atoms with Crippen LogP contribution in [0.5, 0.6) is 0 Å². The average Bonchev–Trinajstić information content (AvgIpc) is 3.07. The zero-order valence-electron chi connectivity index (χ0n) is 22.6. The predicted molar refractivity (Wildman–Crippen MR) is 134 cm³/mol. The first-order chi connectivity index (χ1) is 16.2. The summed E-state index contributed by atoms with van der Waals surface area (Å²) in [7, 11) is 0. The minimum Gasteiger partial charge on any atom is -0.462 e. The molecule has 0 aromatic rings. The molecule has 0 aromatic carbocycles. The summed E-state index contributed by atoms with van der Waals surface area (Å²) in [6.45, 7) is 14.8. The van der Waals surface area contributed by atoms with E-state index in [9.17, 15) is 14.7 Å². The van der Waals surface area contributed by atoms with E-state index >= 15 is 0 Å². The molecule has 5 aliphatic rings. The molecule has 5 heteroatoms. The van der Waals surface area contributed by atoms with Crippen molar-refractivity contribution in [3.05, 3.63) is 23.8 Å². The minimum absolute atomic E-state index is 0.0477. The number of carbonyl (C=O) groups is 2. The van der Waals surface area contributed by atoms with Crippen LogP contribution in [0.4, 0.5) is 0 Å². The molecular weight excluding hydrogens is 440 g/mol. The van der Waals surface area contributed by atoms with E-state index in [4.69, 9.17) is 9.47 Å². The van der Waals surface area contributed by atoms with Crippen molar-refractivity contribution in [1.29, 1.82) is 0 Å². The Morgan fingerprint density at radius 2 is 1.86 bits per heavy atom. The number of carbonyl (C=O) groups excluding carboxylic acids is 2. The van der Waals surface area contributed by atoms with E-state index in [-0.39, 0.29) is 51.7 Å². The van der Waals surface area contributed by atoms with Crippen LogP contribution in [0.3, 0.4) is 0 Å². The first kappa shape index (κ1) is 25.2. The first-order valence-corrected chi connectivity index (χ1v) is 13.7. The maximum atomic E-state index is 12.1. The molecule has 0 amide bonds. The molecule has 5 nitrogen and oxygen atoms in total. The Balaban J connectivity index is 1.40. The molecule has 4 aliphatic carbocycles. The van der Waals surface area contributed by atoms with E-state index in [1.54, 1.807) is 12.2 Å². The Labute approximate surface area is 210 Å². The zero-order chi connectivity index (χ0) is 25.6. The van der Waals surface area contributed by atoms with E-state index < -0.39 is 6.10 Å². The highest BCUT2D eigenvalue weighted by Crippen LogP contribution is 2.67. The van der Waals surface area contributed by atoms with Gasteiger partial charge in [-0.05, 0) is 100 Å². The highest BCUT2D eigenvalue weighted by Gasteiger charge is 2.64. The Morgan fingerprint density at radius 1 is 1.17 bits per heavy atom. The van der Waals surface area contributed by atoms with Gasteiger partial charge in [0.15, 0.2) is 5.78 Å². The van der Waals surface area contributed by atoms with Crippen molar-refractivity contribution in [2.24, 2.45) is 40.4 Å². The number of fused-ring (bicyclic) bond motifs is 5. The summed E-state index contributed by atoms with van der Waals surface area (Å²) in [5, 5.41) is 11.4. The number of rotatable bonds is 5. The maximum absolute atomic E-state index is 12.1. The van der Waals surface area contributed by atoms with Gasteiger partial charge in [-0.3, -0.25) is 9.59 Å². The number of esters is 1. The molecule has 0 radical (unpaired) electrons. The molecule has 4 fully saturated rings. The minimum atomic E-state index is -0.402. The van der Waals surface area contributed by atoms with Gasteiger partial charge in [0.2, 0.25) is 0 Å². The third kappa shape index (κ3) is 3.79. The van der Waals surface area contributed by atoms with E-state index in [0.717, 1.165) is 37.7 Å². The number of ether oxygens (including phenoxy) is 2. The molecular formula is C30H44O5. The fourth-order valence-corrected chi connectivity index (χ4v) is 9.09. The van der Waals surface area contributed by atoms with Gasteiger partial charge in [0.05, 0.1) is 17.3 Å². The molecule has 5 rings (SSSR count). The molecule has 35 heavy (non-hydrogen) atoms. The average molecular weight is 485 g/mol. The van der Waals surface area contributed by atoms with E-state index in [1.165, 1.54) is 6.92 Å². The number of aliphatic hydroxyl groups is 1. The van der Waals surface area contributed by atoms with Crippen LogP contribution in [0.25, 0.3) is 0 Å². The van der Waals surface area contributed by atoms with Crippen LogP contribution in [0.1, 0.15) is 87.0 Å². The smallest absolute Gasteiger partial charge is 0.302 e. The number of hydrogen-bond acceptors (Lipinski definition) is 5. The SMILES string of the molecule is CC(=O)OC(CC1(C)OC1(C)C)C(C)C1CCC2C3C(O)CC4=CC(=O)C=CC4(C)C3CCC12C. The van der Waals surface area contributed by atoms with Gasteiger partial charge in [-0.2, -0.15) is 0 Å². The fraction of sp³-hybridized carbons (Fsp3) is 0.800. The van der Waals surface area contributed by atoms with Crippen LogP contribution < -0.4 is 0 Å². The fourth-order valence-electron chi connectivity index (χ4n) is 9.09. The lowest BCUT2D eigenvalue weighted by Crippen LogP contribution is -2.55. The Morgan fingerprint density at radius 3 is 2.49 bits per heavy atom. The Kier molecular flexibility index (Phi) is 5.77. The molecule has 0 aromatic heterocycles. The van der Waals surface area contributed by atoms with Crippen LogP contribution in [-0.2, 0) is 19.1 Å². The second-order valence-electron chi connectivity index (χ2n) is 13.5. The molecule has 1 N–H and O–H groups in total. The van der Waals surface area contributed by atoms with E-state index in [2.05, 4.69) is 47.6 Å². The quantitative estimate of drug-likeness (QED) is 0.417. The molecule has 1 saturated heterocycles. The van der Waals surface area contributed by atoms with Gasteiger partial charge in [0, 0.05) is 18.8 Å². The summed E-state index contributed by atoms with van der Waals surface area (Å²) in [6.07, 6.45) is 10.7. The van der Waals surface area contributed by atoms with Crippen molar-refractivity contribution in [3.8, 4) is 0 Å². The summed E-state index contributed by atoms with van der Waals surface area (Å²) < 4.78 is 12.0. The van der Waals surface area contributed by atoms with Crippen LogP contribution in [0.2, 0.25) is 0 Å². The van der Waals surface area contributed by atoms with Gasteiger partial charge < -0.3 is 14.6 Å². The first-order valence-electron chi connectivity index (χ1n) is 13.7. The Hall–Kier alpha value is -1.46. The summed E-state index contributed by atoms with van der Waals surface area (Å²) in [5.74, 6) is 1.52. The van der Waals surface area contributed by atoms with Crippen LogP contribution >= 0.6 is 0 Å². The van der Waals surface area contributed by atoms with Crippen molar-refractivity contribution in [2.45, 2.75) is 110 Å². The van der Waals surface area contributed by atoms with Crippen molar-refractivity contribution in [3.63, 3.8) is 0 Å². The molecule has 10 atom stereocenters. The van der Waals surface area contributed by atoms with Crippen LogP contribution in [0, 0.1) is 40.4 Å². The van der Waals surface area contributed by atoms with Gasteiger partial charge in [-0.25, -0.2) is 0 Å². The van der Waals surface area contributed by atoms with Crippen molar-refractivity contribution < 1.29 is 24.2 Å². The molecule has 0 spiro atoms. The standard InChI is InChI=1S/C30H44O5/c1-17(25(34-18(2)31)16-30(7)27(3,4)35-30)21-8-9-22-26-23(11-13-29(21,22)6)28(5)12-10-20(32)14-19(28)15-24(26)33/h10,12,14,17,21-26,33H,8-9,11,13,15-16H2,1-7H3. The van der Waals surface area contributed by atoms with E-state index in [0.29, 0.717) is 24.2 Å². The molecule has 3 saturated carbocycles. The largest absolute Gasteiger partial charge is 0.462 e. The highest BCUT2D eigenvalue weighted by atomic mass is 16.6. The third-order valence-electron chi connectivity index (χ3n) is 11.5. The molecule has 1 heterocycles. The lowest BCUT2D eigenvalue weighted by molar-refractivity contribution is -0.154. The van der Waals surface area contributed by atoms with Gasteiger partial charge in [-0.1, -0.05) is 32.4 Å². The van der Waals surface area contributed by atoms with Gasteiger partial charge >= 0.3 is 5.97 Å². The molecule has 194 valence electrons. The number of allylic oxidation sites excluding steroid dienone is 3. The summed E-state index contributed by atoms with van der Waals surface area (Å²) >= 11 is 0. The van der Waals surface area contributed by atoms with Crippen LogP contribution in [-0.4, -0.2) is 40.3 Å². The monoisotopic (exact) mass is 484 g/mol. The Bertz CT molecular complexity index is 979. The van der Waals surface area contributed by atoms with Crippen LogP contribution in [0.15, 0.2) is 23.8 Å². The second-order valence-corrected chi connectivity index (χ2v) is 13.5. The summed E-state index contributed by atoms with van der Waals surface area (Å²) in [4.78, 5) is 24.2.